The molecule has 0 spiro atoms. The highest BCUT2D eigenvalue weighted by atomic mass is 14.9. The maximum Gasteiger partial charge on any atom is 0.00477 e. The van der Waals surface area contributed by atoms with Crippen LogP contribution in [0.5, 0.6) is 0 Å². The molecular formula is C10H15N. The zero-order chi connectivity index (χ0) is 8.10. The Morgan fingerprint density at radius 2 is 2.18 bits per heavy atom. The van der Waals surface area contributed by atoms with Gasteiger partial charge in [0.05, 0.1) is 0 Å². The highest BCUT2D eigenvalue weighted by Gasteiger charge is 2.16. The molecule has 0 aromatic rings. The molecule has 1 heterocycles. The quantitative estimate of drug-likeness (QED) is 0.604. The molecule has 1 aliphatic rings. The standard InChI is InChI=1S/C10H15N/c1-3-4-5-6-9(2)10-7-11-8-10/h3-6,10-11H,1,7-8H2,2H3/b5-4-,9-6+. The predicted octanol–water partition coefficient (Wildman–Crippen LogP) is 1.89. The van der Waals surface area contributed by atoms with Crippen molar-refractivity contribution in [3.8, 4) is 0 Å². The highest BCUT2D eigenvalue weighted by molar-refractivity contribution is 5.18. The Morgan fingerprint density at radius 1 is 1.45 bits per heavy atom. The van der Waals surface area contributed by atoms with E-state index in [9.17, 15) is 0 Å². The molecule has 0 bridgehead atoms. The van der Waals surface area contributed by atoms with Crippen LogP contribution < -0.4 is 5.32 Å². The van der Waals surface area contributed by atoms with Crippen LogP contribution in [0, 0.1) is 5.92 Å². The third kappa shape index (κ3) is 2.35. The topological polar surface area (TPSA) is 12.0 Å². The second kappa shape index (κ2) is 4.14. The first kappa shape index (κ1) is 8.28. The lowest BCUT2D eigenvalue weighted by Crippen LogP contribution is -2.42. The lowest BCUT2D eigenvalue weighted by atomic mass is 9.94. The molecule has 1 aliphatic heterocycles. The van der Waals surface area contributed by atoms with Gasteiger partial charge in [0.25, 0.3) is 0 Å². The normalized spacial score (nSPS) is 20.3. The number of hydrogen-bond acceptors (Lipinski definition) is 1. The van der Waals surface area contributed by atoms with E-state index >= 15 is 0 Å². The van der Waals surface area contributed by atoms with Gasteiger partial charge < -0.3 is 5.32 Å². The van der Waals surface area contributed by atoms with E-state index in [2.05, 4.69) is 24.9 Å². The van der Waals surface area contributed by atoms with Gasteiger partial charge in [-0.05, 0) is 6.92 Å². The minimum absolute atomic E-state index is 0.768. The largest absolute Gasteiger partial charge is 0.315 e. The van der Waals surface area contributed by atoms with Crippen molar-refractivity contribution >= 4 is 0 Å². The molecule has 0 saturated carbocycles. The Labute approximate surface area is 68.5 Å². The Morgan fingerprint density at radius 3 is 2.64 bits per heavy atom. The lowest BCUT2D eigenvalue weighted by molar-refractivity contribution is 0.399. The van der Waals surface area contributed by atoms with Gasteiger partial charge in [-0.2, -0.15) is 0 Å². The van der Waals surface area contributed by atoms with Gasteiger partial charge in [-0.3, -0.25) is 0 Å². The summed E-state index contributed by atoms with van der Waals surface area (Å²) in [6.07, 6.45) is 7.95. The molecule has 1 heteroatoms. The van der Waals surface area contributed by atoms with E-state index < -0.39 is 0 Å². The van der Waals surface area contributed by atoms with Crippen molar-refractivity contribution in [1.82, 2.24) is 5.32 Å². The molecule has 0 aromatic heterocycles. The molecule has 0 atom stereocenters. The number of rotatable bonds is 3. The Hall–Kier alpha value is -0.820. The molecule has 1 fully saturated rings. The Kier molecular flexibility index (Phi) is 3.12. The summed E-state index contributed by atoms with van der Waals surface area (Å²) in [5.74, 6) is 0.768. The van der Waals surface area contributed by atoms with Crippen molar-refractivity contribution in [2.45, 2.75) is 6.92 Å². The number of nitrogens with one attached hydrogen (secondary N) is 1. The summed E-state index contributed by atoms with van der Waals surface area (Å²) in [6.45, 7) is 8.07. The molecule has 0 aliphatic carbocycles. The van der Waals surface area contributed by atoms with Gasteiger partial charge in [0, 0.05) is 19.0 Å². The fourth-order valence-electron chi connectivity index (χ4n) is 1.03. The fraction of sp³-hybridized carbons (Fsp3) is 0.400. The van der Waals surface area contributed by atoms with E-state index in [-0.39, 0.29) is 0 Å². The molecular weight excluding hydrogens is 134 g/mol. The summed E-state index contributed by atoms with van der Waals surface area (Å²) in [7, 11) is 0. The van der Waals surface area contributed by atoms with Crippen molar-refractivity contribution < 1.29 is 0 Å². The summed E-state index contributed by atoms with van der Waals surface area (Å²) in [5.41, 5.74) is 1.46. The minimum Gasteiger partial charge on any atom is -0.315 e. The second-order valence-corrected chi connectivity index (χ2v) is 2.89. The smallest absolute Gasteiger partial charge is 0.00477 e. The molecule has 1 saturated heterocycles. The zero-order valence-corrected chi connectivity index (χ0v) is 7.01. The molecule has 0 amide bonds. The van der Waals surface area contributed by atoms with Crippen LogP contribution in [0.1, 0.15) is 6.92 Å². The van der Waals surface area contributed by atoms with E-state index in [1.807, 2.05) is 12.2 Å². The van der Waals surface area contributed by atoms with E-state index in [0.29, 0.717) is 0 Å². The second-order valence-electron chi connectivity index (χ2n) is 2.89. The van der Waals surface area contributed by atoms with E-state index in [1.54, 1.807) is 6.08 Å². The molecule has 0 aromatic carbocycles. The predicted molar refractivity (Wildman–Crippen MR) is 49.5 cm³/mol. The van der Waals surface area contributed by atoms with Crippen molar-refractivity contribution in [3.63, 3.8) is 0 Å². The van der Waals surface area contributed by atoms with Crippen LogP contribution >= 0.6 is 0 Å². The summed E-state index contributed by atoms with van der Waals surface area (Å²) in [5, 5.41) is 3.25. The first-order valence-electron chi connectivity index (χ1n) is 4.01. The van der Waals surface area contributed by atoms with Crippen LogP contribution in [0.15, 0.2) is 36.5 Å². The number of hydrogen-bond donors (Lipinski definition) is 1. The Balaban J connectivity index is 2.37. The SMILES string of the molecule is C=C/C=C\C=C(/C)C1CNC1. The van der Waals surface area contributed by atoms with Crippen molar-refractivity contribution in [2.24, 2.45) is 5.92 Å². The van der Waals surface area contributed by atoms with Gasteiger partial charge in [0.15, 0.2) is 0 Å². The van der Waals surface area contributed by atoms with Gasteiger partial charge >= 0.3 is 0 Å². The third-order valence-corrected chi connectivity index (χ3v) is 2.03. The molecule has 0 unspecified atom stereocenters. The minimum atomic E-state index is 0.768. The monoisotopic (exact) mass is 149 g/mol. The third-order valence-electron chi connectivity index (χ3n) is 2.03. The van der Waals surface area contributed by atoms with Crippen molar-refractivity contribution in [3.05, 3.63) is 36.5 Å². The molecule has 11 heavy (non-hydrogen) atoms. The first-order chi connectivity index (χ1) is 5.34. The average Bonchev–Trinajstić information content (AvgIpc) is 1.84. The van der Waals surface area contributed by atoms with Crippen LogP contribution in [0.2, 0.25) is 0 Å². The molecule has 0 radical (unpaired) electrons. The van der Waals surface area contributed by atoms with Crippen LogP contribution in [0.25, 0.3) is 0 Å². The molecule has 1 rings (SSSR count). The van der Waals surface area contributed by atoms with Gasteiger partial charge in [-0.1, -0.05) is 36.5 Å². The average molecular weight is 149 g/mol. The molecule has 1 N–H and O–H groups in total. The fourth-order valence-corrected chi connectivity index (χ4v) is 1.03. The zero-order valence-electron chi connectivity index (χ0n) is 7.01. The van der Waals surface area contributed by atoms with Crippen LogP contribution in [-0.2, 0) is 0 Å². The molecule has 60 valence electrons. The van der Waals surface area contributed by atoms with Crippen molar-refractivity contribution in [1.29, 1.82) is 0 Å². The van der Waals surface area contributed by atoms with Crippen LogP contribution in [0.4, 0.5) is 0 Å². The van der Waals surface area contributed by atoms with Gasteiger partial charge in [0.2, 0.25) is 0 Å². The van der Waals surface area contributed by atoms with Gasteiger partial charge in [-0.25, -0.2) is 0 Å². The number of allylic oxidation sites excluding steroid dienone is 4. The maximum atomic E-state index is 3.61. The highest BCUT2D eigenvalue weighted by Crippen LogP contribution is 2.14. The van der Waals surface area contributed by atoms with E-state index in [1.165, 1.54) is 5.57 Å². The maximum absolute atomic E-state index is 3.61. The lowest BCUT2D eigenvalue weighted by Gasteiger charge is -2.27. The first-order valence-corrected chi connectivity index (χ1v) is 4.01. The summed E-state index contributed by atoms with van der Waals surface area (Å²) >= 11 is 0. The Bertz CT molecular complexity index is 185. The van der Waals surface area contributed by atoms with Gasteiger partial charge in [-0.15, -0.1) is 0 Å². The van der Waals surface area contributed by atoms with Crippen molar-refractivity contribution in [2.75, 3.05) is 13.1 Å². The van der Waals surface area contributed by atoms with E-state index in [4.69, 9.17) is 0 Å². The van der Waals surface area contributed by atoms with E-state index in [0.717, 1.165) is 19.0 Å². The van der Waals surface area contributed by atoms with Gasteiger partial charge in [0.1, 0.15) is 0 Å². The molecule has 1 nitrogen and oxygen atoms in total. The van der Waals surface area contributed by atoms with Crippen LogP contribution in [-0.4, -0.2) is 13.1 Å². The van der Waals surface area contributed by atoms with Crippen LogP contribution in [0.3, 0.4) is 0 Å². The summed E-state index contributed by atoms with van der Waals surface area (Å²) < 4.78 is 0. The summed E-state index contributed by atoms with van der Waals surface area (Å²) in [4.78, 5) is 0. The summed E-state index contributed by atoms with van der Waals surface area (Å²) in [6, 6.07) is 0.